The Hall–Kier alpha value is -2.74. The van der Waals surface area contributed by atoms with Gasteiger partial charge < -0.3 is 19.9 Å². The van der Waals surface area contributed by atoms with E-state index in [1.165, 1.54) is 6.33 Å². The SMILES string of the molecule is O=C(c1ccnc(NC2CC(c3cc(=O)[nH]cn3)C2)c1)N1CCOCC1. The second kappa shape index (κ2) is 7.25. The molecule has 4 rings (SSSR count). The number of hydrogen-bond donors (Lipinski definition) is 2. The van der Waals surface area contributed by atoms with Gasteiger partial charge in [-0.05, 0) is 25.0 Å². The highest BCUT2D eigenvalue weighted by Gasteiger charge is 2.31. The summed E-state index contributed by atoms with van der Waals surface area (Å²) in [7, 11) is 0. The molecule has 2 N–H and O–H groups in total. The quantitative estimate of drug-likeness (QED) is 0.849. The molecule has 0 spiro atoms. The first-order valence-electron chi connectivity index (χ1n) is 8.83. The van der Waals surface area contributed by atoms with Crippen molar-refractivity contribution >= 4 is 11.7 Å². The summed E-state index contributed by atoms with van der Waals surface area (Å²) in [6.45, 7) is 2.42. The number of rotatable bonds is 4. The first-order valence-corrected chi connectivity index (χ1v) is 8.83. The molecule has 0 atom stereocenters. The zero-order chi connectivity index (χ0) is 17.9. The fraction of sp³-hybridized carbons (Fsp3) is 0.444. The topological polar surface area (TPSA) is 100 Å². The van der Waals surface area contributed by atoms with E-state index in [4.69, 9.17) is 4.74 Å². The number of nitrogens with one attached hydrogen (secondary N) is 2. The van der Waals surface area contributed by atoms with Crippen LogP contribution in [0.15, 0.2) is 35.5 Å². The van der Waals surface area contributed by atoms with Gasteiger partial charge in [0.1, 0.15) is 5.82 Å². The highest BCUT2D eigenvalue weighted by atomic mass is 16.5. The van der Waals surface area contributed by atoms with Gasteiger partial charge in [0, 0.05) is 42.9 Å². The van der Waals surface area contributed by atoms with Crippen molar-refractivity contribution in [3.8, 4) is 0 Å². The van der Waals surface area contributed by atoms with Crippen LogP contribution in [0.25, 0.3) is 0 Å². The van der Waals surface area contributed by atoms with Gasteiger partial charge in [-0.3, -0.25) is 9.59 Å². The van der Waals surface area contributed by atoms with E-state index in [1.807, 2.05) is 0 Å². The first kappa shape index (κ1) is 16.7. The minimum atomic E-state index is -0.123. The summed E-state index contributed by atoms with van der Waals surface area (Å²) in [6.07, 6.45) is 4.88. The summed E-state index contributed by atoms with van der Waals surface area (Å²) in [5.41, 5.74) is 1.34. The van der Waals surface area contributed by atoms with Crippen molar-refractivity contribution in [2.45, 2.75) is 24.8 Å². The average Bonchev–Trinajstić information content (AvgIpc) is 2.64. The third kappa shape index (κ3) is 3.60. The third-order valence-electron chi connectivity index (χ3n) is 4.91. The molecular weight excluding hydrogens is 334 g/mol. The summed E-state index contributed by atoms with van der Waals surface area (Å²) >= 11 is 0. The second-order valence-electron chi connectivity index (χ2n) is 6.68. The first-order chi connectivity index (χ1) is 12.7. The summed E-state index contributed by atoms with van der Waals surface area (Å²) in [5.74, 6) is 0.998. The Labute approximate surface area is 150 Å². The van der Waals surface area contributed by atoms with Crippen molar-refractivity contribution in [3.05, 3.63) is 52.3 Å². The van der Waals surface area contributed by atoms with Crippen molar-refractivity contribution in [3.63, 3.8) is 0 Å². The van der Waals surface area contributed by atoms with Gasteiger partial charge in [0.25, 0.3) is 11.5 Å². The lowest BCUT2D eigenvalue weighted by Crippen LogP contribution is -2.40. The molecule has 2 fully saturated rings. The predicted octanol–water partition coefficient (Wildman–Crippen LogP) is 0.995. The molecule has 1 aliphatic carbocycles. The molecular formula is C18H21N5O3. The second-order valence-corrected chi connectivity index (χ2v) is 6.68. The zero-order valence-corrected chi connectivity index (χ0v) is 14.4. The summed E-state index contributed by atoms with van der Waals surface area (Å²) in [6, 6.07) is 5.37. The van der Waals surface area contributed by atoms with Crippen molar-refractivity contribution in [1.82, 2.24) is 19.9 Å². The van der Waals surface area contributed by atoms with Crippen LogP contribution >= 0.6 is 0 Å². The number of pyridine rings is 1. The summed E-state index contributed by atoms with van der Waals surface area (Å²) in [5, 5.41) is 3.37. The van der Waals surface area contributed by atoms with Crippen LogP contribution in [-0.4, -0.2) is 58.1 Å². The van der Waals surface area contributed by atoms with Crippen LogP contribution < -0.4 is 10.9 Å². The molecule has 8 heteroatoms. The van der Waals surface area contributed by atoms with Crippen molar-refractivity contribution < 1.29 is 9.53 Å². The van der Waals surface area contributed by atoms with E-state index < -0.39 is 0 Å². The molecule has 0 aromatic carbocycles. The van der Waals surface area contributed by atoms with Gasteiger partial charge in [-0.1, -0.05) is 0 Å². The number of aromatic amines is 1. The smallest absolute Gasteiger partial charge is 0.254 e. The molecule has 2 aromatic heterocycles. The number of hydrogen-bond acceptors (Lipinski definition) is 6. The van der Waals surface area contributed by atoms with Gasteiger partial charge in [-0.25, -0.2) is 9.97 Å². The molecule has 2 aromatic rings. The van der Waals surface area contributed by atoms with Crippen LogP contribution in [0.3, 0.4) is 0 Å². The van der Waals surface area contributed by atoms with Gasteiger partial charge in [-0.2, -0.15) is 0 Å². The Morgan fingerprint density at radius 2 is 2.04 bits per heavy atom. The number of ether oxygens (including phenoxy) is 1. The largest absolute Gasteiger partial charge is 0.378 e. The molecule has 8 nitrogen and oxygen atoms in total. The fourth-order valence-corrected chi connectivity index (χ4v) is 3.38. The van der Waals surface area contributed by atoms with Gasteiger partial charge >= 0.3 is 0 Å². The highest BCUT2D eigenvalue weighted by molar-refractivity contribution is 5.94. The number of carbonyl (C=O) groups excluding carboxylic acids is 1. The Morgan fingerprint density at radius 1 is 1.23 bits per heavy atom. The number of H-pyrrole nitrogens is 1. The molecule has 2 aliphatic rings. The van der Waals surface area contributed by atoms with Crippen LogP contribution in [0.5, 0.6) is 0 Å². The maximum Gasteiger partial charge on any atom is 0.254 e. The van der Waals surface area contributed by atoms with Crippen LogP contribution in [0.4, 0.5) is 5.82 Å². The Morgan fingerprint density at radius 3 is 2.81 bits per heavy atom. The lowest BCUT2D eigenvalue weighted by Gasteiger charge is -2.35. The van der Waals surface area contributed by atoms with Crippen LogP contribution in [0.2, 0.25) is 0 Å². The van der Waals surface area contributed by atoms with Crippen molar-refractivity contribution in [1.29, 1.82) is 0 Å². The Balaban J connectivity index is 1.36. The van der Waals surface area contributed by atoms with Gasteiger partial charge in [0.2, 0.25) is 0 Å². The molecule has 3 heterocycles. The van der Waals surface area contributed by atoms with E-state index >= 15 is 0 Å². The van der Waals surface area contributed by atoms with Gasteiger partial charge in [0.05, 0.1) is 25.2 Å². The summed E-state index contributed by atoms with van der Waals surface area (Å²) in [4.78, 5) is 36.8. The lowest BCUT2D eigenvalue weighted by molar-refractivity contribution is 0.0303. The number of aromatic nitrogens is 3. The maximum atomic E-state index is 12.6. The molecule has 1 amide bonds. The Bertz CT molecular complexity index is 840. The monoisotopic (exact) mass is 355 g/mol. The van der Waals surface area contributed by atoms with Crippen molar-refractivity contribution in [2.75, 3.05) is 31.6 Å². The molecule has 0 bridgehead atoms. The molecule has 1 aliphatic heterocycles. The standard InChI is InChI=1S/C18H21N5O3/c24-17-10-15(20-11-21-17)13-7-14(8-13)22-16-9-12(1-2-19-16)18(25)23-3-5-26-6-4-23/h1-2,9-11,13-14H,3-8H2,(H,19,22)(H,20,21,24). The van der Waals surface area contributed by atoms with E-state index in [0.29, 0.717) is 37.7 Å². The van der Waals surface area contributed by atoms with Gasteiger partial charge in [-0.15, -0.1) is 0 Å². The minimum absolute atomic E-state index is 0.0120. The van der Waals surface area contributed by atoms with E-state index in [-0.39, 0.29) is 23.4 Å². The molecule has 26 heavy (non-hydrogen) atoms. The third-order valence-corrected chi connectivity index (χ3v) is 4.91. The summed E-state index contributed by atoms with van der Waals surface area (Å²) < 4.78 is 5.29. The zero-order valence-electron chi connectivity index (χ0n) is 14.4. The average molecular weight is 355 g/mol. The van der Waals surface area contributed by atoms with Gasteiger partial charge in [0.15, 0.2) is 0 Å². The van der Waals surface area contributed by atoms with E-state index in [9.17, 15) is 9.59 Å². The molecule has 136 valence electrons. The normalized spacial score (nSPS) is 22.5. The van der Waals surface area contributed by atoms with Crippen LogP contribution in [-0.2, 0) is 4.74 Å². The number of morpholine rings is 1. The molecule has 1 saturated carbocycles. The fourth-order valence-electron chi connectivity index (χ4n) is 3.38. The van der Waals surface area contributed by atoms with Crippen LogP contribution in [0, 0.1) is 0 Å². The lowest BCUT2D eigenvalue weighted by atomic mass is 9.78. The number of amides is 1. The van der Waals surface area contributed by atoms with E-state index in [2.05, 4.69) is 20.3 Å². The molecule has 0 unspecified atom stereocenters. The Kier molecular flexibility index (Phi) is 4.66. The predicted molar refractivity (Wildman–Crippen MR) is 95.2 cm³/mol. The van der Waals surface area contributed by atoms with E-state index in [0.717, 1.165) is 18.5 Å². The minimum Gasteiger partial charge on any atom is -0.378 e. The number of anilines is 1. The van der Waals surface area contributed by atoms with Crippen LogP contribution in [0.1, 0.15) is 34.8 Å². The molecule has 0 radical (unpaired) electrons. The molecule has 1 saturated heterocycles. The van der Waals surface area contributed by atoms with E-state index in [1.54, 1.807) is 29.3 Å². The maximum absolute atomic E-state index is 12.6. The number of nitrogens with zero attached hydrogens (tertiary/aromatic N) is 3. The van der Waals surface area contributed by atoms with Crippen molar-refractivity contribution in [2.24, 2.45) is 0 Å². The number of carbonyl (C=O) groups is 1. The highest BCUT2D eigenvalue weighted by Crippen LogP contribution is 2.36.